The molecule has 7 nitrogen and oxygen atoms in total. The standard InChI is InChI=1S/C27H28BBrFN7/c1-26(2,3)15-33-24-16(12-31)13-32-25-21(24)10-19(11-22(25)29)34-27(28,17-4-6-18(30)7-5-17)23-14-37(36-35-23)20-8-9-20/h4-7,10-11,13-14,20,34-36H,8-9,15H2,1-3H3,(H,32,33). The SMILES string of the molecule is [B]C(Nc1cc(Br)c2ncc(C#N)c(NCC(C)(C)C)c2c1)(C1=CN(C2CC2)NN1)c1ccc(F)cc1. The fourth-order valence-corrected chi connectivity index (χ4v) is 4.84. The second-order valence-corrected chi connectivity index (χ2v) is 11.6. The molecule has 10 heteroatoms. The molecule has 3 aromatic rings. The van der Waals surface area contributed by atoms with E-state index in [1.165, 1.54) is 12.1 Å². The summed E-state index contributed by atoms with van der Waals surface area (Å²) in [5, 5.41) is 19.5. The molecule has 5 rings (SSSR count). The molecule has 1 fully saturated rings. The highest BCUT2D eigenvalue weighted by Crippen LogP contribution is 2.38. The number of rotatable bonds is 7. The molecule has 4 N–H and O–H groups in total. The van der Waals surface area contributed by atoms with Crippen LogP contribution in [0.2, 0.25) is 0 Å². The number of nitriles is 1. The van der Waals surface area contributed by atoms with Crippen LogP contribution in [0, 0.1) is 22.6 Å². The van der Waals surface area contributed by atoms with Gasteiger partial charge in [-0.25, -0.2) is 4.39 Å². The quantitative estimate of drug-likeness (QED) is 0.295. The molecule has 1 unspecified atom stereocenters. The molecule has 2 heterocycles. The number of fused-ring (bicyclic) bond motifs is 1. The van der Waals surface area contributed by atoms with E-state index in [4.69, 9.17) is 7.85 Å². The molecular formula is C27H28BBrFN7. The molecule has 0 bridgehead atoms. The maximum Gasteiger partial charge on any atom is 0.123 e. The van der Waals surface area contributed by atoms with Gasteiger partial charge in [-0.1, -0.05) is 32.9 Å². The molecule has 0 spiro atoms. The van der Waals surface area contributed by atoms with Crippen LogP contribution in [0.25, 0.3) is 10.9 Å². The third-order valence-electron chi connectivity index (χ3n) is 6.43. The van der Waals surface area contributed by atoms with Crippen molar-refractivity contribution in [1.29, 1.82) is 5.26 Å². The van der Waals surface area contributed by atoms with Crippen LogP contribution in [-0.2, 0) is 5.44 Å². The van der Waals surface area contributed by atoms with Crippen LogP contribution in [0.1, 0.15) is 44.7 Å². The lowest BCUT2D eigenvalue weighted by Gasteiger charge is -2.34. The van der Waals surface area contributed by atoms with E-state index >= 15 is 0 Å². The first-order valence-electron chi connectivity index (χ1n) is 12.2. The van der Waals surface area contributed by atoms with E-state index in [0.29, 0.717) is 35.1 Å². The lowest BCUT2D eigenvalue weighted by molar-refractivity contribution is 0.260. The predicted octanol–water partition coefficient (Wildman–Crippen LogP) is 5.23. The van der Waals surface area contributed by atoms with Crippen molar-refractivity contribution < 1.29 is 4.39 Å². The normalized spacial score (nSPS) is 17.1. The third-order valence-corrected chi connectivity index (χ3v) is 7.04. The molecule has 1 saturated carbocycles. The fraction of sp³-hybridized carbons (Fsp3) is 0.333. The van der Waals surface area contributed by atoms with E-state index in [2.05, 4.69) is 69.3 Å². The molecule has 1 aromatic heterocycles. The topological polar surface area (TPSA) is 88.0 Å². The van der Waals surface area contributed by atoms with Crippen molar-refractivity contribution in [3.8, 4) is 6.07 Å². The first-order chi connectivity index (χ1) is 17.6. The lowest BCUT2D eigenvalue weighted by Crippen LogP contribution is -2.45. The molecule has 1 aliphatic heterocycles. The number of hydrogen-bond acceptors (Lipinski definition) is 7. The fourth-order valence-electron chi connectivity index (χ4n) is 4.27. The van der Waals surface area contributed by atoms with Crippen LogP contribution in [0.15, 0.2) is 59.0 Å². The second-order valence-electron chi connectivity index (χ2n) is 10.8. The lowest BCUT2D eigenvalue weighted by atomic mass is 9.69. The Morgan fingerprint density at radius 2 is 1.97 bits per heavy atom. The Balaban J connectivity index is 1.60. The highest BCUT2D eigenvalue weighted by Gasteiger charge is 2.37. The summed E-state index contributed by atoms with van der Waals surface area (Å²) in [4.78, 5) is 4.53. The first-order valence-corrected chi connectivity index (χ1v) is 13.0. The summed E-state index contributed by atoms with van der Waals surface area (Å²) in [6, 6.07) is 12.7. The van der Waals surface area contributed by atoms with Gasteiger partial charge in [-0.2, -0.15) is 5.26 Å². The Kier molecular flexibility index (Phi) is 6.54. The van der Waals surface area contributed by atoms with Crippen LogP contribution in [0.5, 0.6) is 0 Å². The Morgan fingerprint density at radius 3 is 2.62 bits per heavy atom. The van der Waals surface area contributed by atoms with E-state index in [0.717, 1.165) is 33.9 Å². The number of pyridine rings is 1. The minimum atomic E-state index is -1.21. The van der Waals surface area contributed by atoms with Gasteiger partial charge in [-0.05, 0) is 64.0 Å². The minimum Gasteiger partial charge on any atom is -0.383 e. The highest BCUT2D eigenvalue weighted by atomic mass is 79.9. The number of halogens is 2. The molecule has 2 aliphatic rings. The molecule has 2 radical (unpaired) electrons. The van der Waals surface area contributed by atoms with Crippen molar-refractivity contribution >= 4 is 46.1 Å². The highest BCUT2D eigenvalue weighted by molar-refractivity contribution is 9.10. The Bertz CT molecular complexity index is 1410. The molecule has 37 heavy (non-hydrogen) atoms. The summed E-state index contributed by atoms with van der Waals surface area (Å²) in [6.07, 6.45) is 5.75. The molecular weight excluding hydrogens is 532 g/mol. The van der Waals surface area contributed by atoms with Gasteiger partial charge in [0.2, 0.25) is 0 Å². The van der Waals surface area contributed by atoms with E-state index in [-0.39, 0.29) is 11.2 Å². The van der Waals surface area contributed by atoms with E-state index in [1.807, 2.05) is 23.3 Å². The van der Waals surface area contributed by atoms with Crippen LogP contribution < -0.4 is 21.6 Å². The number of benzene rings is 2. The van der Waals surface area contributed by atoms with Gasteiger partial charge >= 0.3 is 0 Å². The van der Waals surface area contributed by atoms with Crippen LogP contribution in [0.4, 0.5) is 15.8 Å². The number of nitrogens with one attached hydrogen (secondary N) is 4. The van der Waals surface area contributed by atoms with Crippen LogP contribution in [-0.4, -0.2) is 30.4 Å². The van der Waals surface area contributed by atoms with Crippen molar-refractivity contribution in [2.24, 2.45) is 5.41 Å². The van der Waals surface area contributed by atoms with Crippen molar-refractivity contribution in [3.63, 3.8) is 0 Å². The van der Waals surface area contributed by atoms with Crippen molar-refractivity contribution in [2.75, 3.05) is 17.2 Å². The molecule has 1 aliphatic carbocycles. The Labute approximate surface area is 226 Å². The van der Waals surface area contributed by atoms with E-state index in [9.17, 15) is 9.65 Å². The maximum absolute atomic E-state index is 13.8. The average molecular weight is 560 g/mol. The summed E-state index contributed by atoms with van der Waals surface area (Å²) < 4.78 is 14.5. The number of aromatic nitrogens is 1. The summed E-state index contributed by atoms with van der Waals surface area (Å²) in [5.41, 5.74) is 9.14. The largest absolute Gasteiger partial charge is 0.383 e. The summed E-state index contributed by atoms with van der Waals surface area (Å²) >= 11 is 3.66. The summed E-state index contributed by atoms with van der Waals surface area (Å²) in [6.45, 7) is 7.06. The predicted molar refractivity (Wildman–Crippen MR) is 149 cm³/mol. The third kappa shape index (κ3) is 5.24. The van der Waals surface area contributed by atoms with E-state index in [1.54, 1.807) is 18.3 Å². The molecule has 0 saturated heterocycles. The minimum absolute atomic E-state index is 0.00541. The molecule has 188 valence electrons. The molecule has 1 atom stereocenters. The monoisotopic (exact) mass is 559 g/mol. The average Bonchev–Trinajstić information content (AvgIpc) is 3.58. The van der Waals surface area contributed by atoms with Gasteiger partial charge in [-0.15, -0.1) is 5.53 Å². The van der Waals surface area contributed by atoms with Crippen molar-refractivity contribution in [1.82, 2.24) is 21.0 Å². The zero-order valence-electron chi connectivity index (χ0n) is 21.0. The molecule has 0 amide bonds. The van der Waals surface area contributed by atoms with Gasteiger partial charge in [-0.3, -0.25) is 9.99 Å². The van der Waals surface area contributed by atoms with Gasteiger partial charge < -0.3 is 16.1 Å². The Hall–Kier alpha value is -3.29. The van der Waals surface area contributed by atoms with Crippen molar-refractivity contribution in [2.45, 2.75) is 45.1 Å². The van der Waals surface area contributed by atoms with Gasteiger partial charge in [0.05, 0.1) is 27.9 Å². The van der Waals surface area contributed by atoms with Crippen LogP contribution in [0.3, 0.4) is 0 Å². The van der Waals surface area contributed by atoms with Crippen LogP contribution >= 0.6 is 15.9 Å². The zero-order valence-corrected chi connectivity index (χ0v) is 22.6. The van der Waals surface area contributed by atoms with Crippen molar-refractivity contribution in [3.05, 3.63) is 75.9 Å². The van der Waals surface area contributed by atoms with Gasteiger partial charge in [0.1, 0.15) is 19.7 Å². The van der Waals surface area contributed by atoms with Gasteiger partial charge in [0, 0.05) is 40.5 Å². The maximum atomic E-state index is 13.8. The van der Waals surface area contributed by atoms with Gasteiger partial charge in [0.25, 0.3) is 0 Å². The summed E-state index contributed by atoms with van der Waals surface area (Å²) in [7, 11) is 7.06. The molecule has 2 aromatic carbocycles. The number of nitrogens with zero attached hydrogens (tertiary/aromatic N) is 3. The van der Waals surface area contributed by atoms with Gasteiger partial charge in [0.15, 0.2) is 0 Å². The number of hydrogen-bond donors (Lipinski definition) is 4. The smallest absolute Gasteiger partial charge is 0.123 e. The Morgan fingerprint density at radius 1 is 1.24 bits per heavy atom. The first kappa shape index (κ1) is 25.4. The number of anilines is 2. The number of hydrazine groups is 2. The summed E-state index contributed by atoms with van der Waals surface area (Å²) in [5.74, 6) is -0.338. The second kappa shape index (κ2) is 9.55. The van der Waals surface area contributed by atoms with E-state index < -0.39 is 5.44 Å². The zero-order chi connectivity index (χ0) is 26.4.